The summed E-state index contributed by atoms with van der Waals surface area (Å²) in [5.74, 6) is 0.141. The number of fused-ring (bicyclic) bond motifs is 1. The quantitative estimate of drug-likeness (QED) is 0.500. The summed E-state index contributed by atoms with van der Waals surface area (Å²) in [6, 6.07) is 0. The maximum atomic E-state index is 10.0. The summed E-state index contributed by atoms with van der Waals surface area (Å²) < 4.78 is 6.70. The average Bonchev–Trinajstić information content (AvgIpc) is 2.90. The number of nitrogens with two attached hydrogens (primary N) is 1. The molecule has 1 fully saturated rings. The van der Waals surface area contributed by atoms with Crippen molar-refractivity contribution in [2.45, 2.75) is 24.5 Å². The third-order valence-corrected chi connectivity index (χ3v) is 3.50. The molecule has 108 valence electrons. The first-order chi connectivity index (χ1) is 9.54. The minimum absolute atomic E-state index is 0.0120. The van der Waals surface area contributed by atoms with Crippen LogP contribution in [0, 0.1) is 0 Å². The molecule has 2 aromatic rings. The van der Waals surface area contributed by atoms with E-state index in [4.69, 9.17) is 27.2 Å². The number of anilines is 1. The molecule has 0 aliphatic carbocycles. The van der Waals surface area contributed by atoms with Crippen LogP contribution in [0.15, 0.2) is 6.33 Å². The Hall–Kier alpha value is -1.52. The second-order valence-corrected chi connectivity index (χ2v) is 4.75. The number of nitrogens with zero attached hydrogens (tertiary/aromatic N) is 4. The first kappa shape index (κ1) is 13.5. The Morgan fingerprint density at radius 1 is 1.35 bits per heavy atom. The smallest absolute Gasteiger partial charge is 0.207 e. The second-order valence-electron chi connectivity index (χ2n) is 4.41. The predicted molar refractivity (Wildman–Crippen MR) is 67.8 cm³/mol. The Morgan fingerprint density at radius 3 is 2.75 bits per heavy atom. The van der Waals surface area contributed by atoms with Crippen molar-refractivity contribution in [3.63, 3.8) is 0 Å². The lowest BCUT2D eigenvalue weighted by atomic mass is 10.1. The number of hydrogen-bond donors (Lipinski definition) is 4. The molecule has 5 N–H and O–H groups in total. The van der Waals surface area contributed by atoms with Crippen LogP contribution in [0.3, 0.4) is 0 Å². The van der Waals surface area contributed by atoms with E-state index in [1.807, 2.05) is 0 Å². The second kappa shape index (κ2) is 4.79. The summed E-state index contributed by atoms with van der Waals surface area (Å²) in [4.78, 5) is 11.8. The molecule has 0 radical (unpaired) electrons. The number of ether oxygens (including phenoxy) is 1. The Morgan fingerprint density at radius 2 is 2.10 bits per heavy atom. The molecule has 0 saturated carbocycles. The van der Waals surface area contributed by atoms with Gasteiger partial charge in [0.2, 0.25) is 5.28 Å². The zero-order chi connectivity index (χ0) is 14.4. The normalized spacial score (nSPS) is 30.2. The van der Waals surface area contributed by atoms with Gasteiger partial charge in [0, 0.05) is 0 Å². The van der Waals surface area contributed by atoms with Crippen LogP contribution in [0.4, 0.5) is 5.82 Å². The van der Waals surface area contributed by atoms with Gasteiger partial charge in [0.1, 0.15) is 24.6 Å². The number of aliphatic hydroxyl groups is 3. The standard InChI is InChI=1S/C10H12ClN5O4/c11-10-15-4-7(12)13-2-14-8(4)16(10)9-6(19)5(18)3(1-17)20-9/h2-3,5-6,9,17-19H,1H2,(H2,12,13,14)/t3-,5-,6+,9-/m1/s1. The van der Waals surface area contributed by atoms with Gasteiger partial charge in [-0.15, -0.1) is 0 Å². The van der Waals surface area contributed by atoms with Gasteiger partial charge in [0.15, 0.2) is 23.2 Å². The Kier molecular flexibility index (Phi) is 3.22. The van der Waals surface area contributed by atoms with Gasteiger partial charge < -0.3 is 25.8 Å². The van der Waals surface area contributed by atoms with E-state index in [9.17, 15) is 10.2 Å². The Labute approximate surface area is 117 Å². The highest BCUT2D eigenvalue weighted by Crippen LogP contribution is 2.34. The van der Waals surface area contributed by atoms with E-state index in [0.29, 0.717) is 0 Å². The number of nitrogen functional groups attached to an aromatic ring is 1. The van der Waals surface area contributed by atoms with E-state index in [0.717, 1.165) is 0 Å². The number of imidazole rings is 1. The summed E-state index contributed by atoms with van der Waals surface area (Å²) in [5, 5.41) is 28.9. The van der Waals surface area contributed by atoms with Crippen LogP contribution in [-0.4, -0.2) is 59.8 Å². The highest BCUT2D eigenvalue weighted by Gasteiger charge is 2.44. The molecule has 0 aromatic carbocycles. The molecule has 10 heteroatoms. The van der Waals surface area contributed by atoms with Crippen LogP contribution in [0.2, 0.25) is 5.28 Å². The molecule has 20 heavy (non-hydrogen) atoms. The lowest BCUT2D eigenvalue weighted by Gasteiger charge is -2.17. The maximum absolute atomic E-state index is 10.0. The molecule has 2 aromatic heterocycles. The van der Waals surface area contributed by atoms with Crippen molar-refractivity contribution >= 4 is 28.6 Å². The molecule has 3 heterocycles. The lowest BCUT2D eigenvalue weighted by Crippen LogP contribution is -2.33. The first-order valence-corrected chi connectivity index (χ1v) is 6.18. The topological polar surface area (TPSA) is 140 Å². The molecule has 9 nitrogen and oxygen atoms in total. The summed E-state index contributed by atoms with van der Waals surface area (Å²) in [5.41, 5.74) is 6.22. The third kappa shape index (κ3) is 1.83. The van der Waals surface area contributed by atoms with Crippen LogP contribution >= 0.6 is 11.6 Å². The molecule has 0 bridgehead atoms. The van der Waals surface area contributed by atoms with E-state index < -0.39 is 31.1 Å². The summed E-state index contributed by atoms with van der Waals surface area (Å²) >= 11 is 6.02. The highest BCUT2D eigenvalue weighted by molar-refractivity contribution is 6.29. The molecule has 3 rings (SSSR count). The third-order valence-electron chi connectivity index (χ3n) is 3.23. The molecular formula is C10H12ClN5O4. The van der Waals surface area contributed by atoms with Crippen molar-refractivity contribution < 1.29 is 20.1 Å². The van der Waals surface area contributed by atoms with Crippen LogP contribution in [0.25, 0.3) is 11.2 Å². The summed E-state index contributed by atoms with van der Waals surface area (Å²) in [6.07, 6.45) is -3.22. The average molecular weight is 302 g/mol. The fourth-order valence-electron chi connectivity index (χ4n) is 2.22. The lowest BCUT2D eigenvalue weighted by molar-refractivity contribution is -0.0509. The molecule has 4 atom stereocenters. The number of hydrogen-bond acceptors (Lipinski definition) is 8. The fourth-order valence-corrected chi connectivity index (χ4v) is 2.48. The highest BCUT2D eigenvalue weighted by atomic mass is 35.5. The predicted octanol–water partition coefficient (Wildman–Crippen LogP) is -1.33. The molecule has 0 spiro atoms. The van der Waals surface area contributed by atoms with Crippen molar-refractivity contribution in [3.05, 3.63) is 11.6 Å². The summed E-state index contributed by atoms with van der Waals surface area (Å²) in [6.45, 7) is -0.434. The number of aromatic nitrogens is 4. The zero-order valence-electron chi connectivity index (χ0n) is 10.1. The molecular weight excluding hydrogens is 290 g/mol. The first-order valence-electron chi connectivity index (χ1n) is 5.81. The number of aliphatic hydroxyl groups excluding tert-OH is 3. The largest absolute Gasteiger partial charge is 0.394 e. The number of halogens is 1. The molecule has 1 saturated heterocycles. The van der Waals surface area contributed by atoms with E-state index in [1.54, 1.807) is 0 Å². The van der Waals surface area contributed by atoms with Crippen LogP contribution in [0.5, 0.6) is 0 Å². The van der Waals surface area contributed by atoms with Crippen molar-refractivity contribution in [1.82, 2.24) is 19.5 Å². The van der Waals surface area contributed by atoms with Crippen LogP contribution < -0.4 is 5.73 Å². The van der Waals surface area contributed by atoms with E-state index in [-0.39, 0.29) is 22.3 Å². The molecule has 0 amide bonds. The molecule has 1 aliphatic heterocycles. The van der Waals surface area contributed by atoms with Gasteiger partial charge in [-0.3, -0.25) is 4.57 Å². The molecule has 0 unspecified atom stereocenters. The fraction of sp³-hybridized carbons (Fsp3) is 0.500. The van der Waals surface area contributed by atoms with Gasteiger partial charge in [-0.2, -0.15) is 0 Å². The zero-order valence-corrected chi connectivity index (χ0v) is 10.8. The molecule has 1 aliphatic rings. The Balaban J connectivity index is 2.11. The number of rotatable bonds is 2. The van der Waals surface area contributed by atoms with Gasteiger partial charge in [-0.05, 0) is 11.6 Å². The van der Waals surface area contributed by atoms with Gasteiger partial charge in [0.25, 0.3) is 0 Å². The van der Waals surface area contributed by atoms with Crippen molar-refractivity contribution in [3.8, 4) is 0 Å². The van der Waals surface area contributed by atoms with Crippen molar-refractivity contribution in [1.29, 1.82) is 0 Å². The van der Waals surface area contributed by atoms with Crippen LogP contribution in [0.1, 0.15) is 6.23 Å². The van der Waals surface area contributed by atoms with Crippen LogP contribution in [-0.2, 0) is 4.74 Å². The minimum Gasteiger partial charge on any atom is -0.394 e. The van der Waals surface area contributed by atoms with Crippen molar-refractivity contribution in [2.24, 2.45) is 0 Å². The Bertz CT molecular complexity index is 650. The van der Waals surface area contributed by atoms with E-state index in [2.05, 4.69) is 15.0 Å². The monoisotopic (exact) mass is 301 g/mol. The summed E-state index contributed by atoms with van der Waals surface area (Å²) in [7, 11) is 0. The maximum Gasteiger partial charge on any atom is 0.207 e. The van der Waals surface area contributed by atoms with Gasteiger partial charge in [-0.1, -0.05) is 0 Å². The van der Waals surface area contributed by atoms with Gasteiger partial charge >= 0.3 is 0 Å². The minimum atomic E-state index is -1.28. The van der Waals surface area contributed by atoms with Gasteiger partial charge in [-0.25, -0.2) is 15.0 Å². The SMILES string of the molecule is Nc1ncnc2c1nc(Cl)n2[C@@H]1O[C@H](CO)[C@@H](O)[C@@H]1O. The van der Waals surface area contributed by atoms with E-state index >= 15 is 0 Å². The van der Waals surface area contributed by atoms with E-state index in [1.165, 1.54) is 10.9 Å². The van der Waals surface area contributed by atoms with Gasteiger partial charge in [0.05, 0.1) is 6.61 Å². The van der Waals surface area contributed by atoms with Crippen molar-refractivity contribution in [2.75, 3.05) is 12.3 Å².